The first-order valence-electron chi connectivity index (χ1n) is 8.09. The molecule has 0 aliphatic rings. The van der Waals surface area contributed by atoms with Gasteiger partial charge in [-0.15, -0.1) is 0 Å². The summed E-state index contributed by atoms with van der Waals surface area (Å²) in [6, 6.07) is 7.91. The number of carbonyl (C=O) groups is 2. The highest BCUT2D eigenvalue weighted by atomic mass is 32.1. The number of aromatic nitrogens is 1. The highest BCUT2D eigenvalue weighted by Crippen LogP contribution is 2.25. The summed E-state index contributed by atoms with van der Waals surface area (Å²) >= 11 is 1.96. The predicted octanol–water partition coefficient (Wildman–Crippen LogP) is 2.99. The molecule has 0 spiro atoms. The highest BCUT2D eigenvalue weighted by Gasteiger charge is 2.17. The molecule has 9 nitrogen and oxygen atoms in total. The number of esters is 1. The molecule has 0 bridgehead atoms. The third-order valence-electron chi connectivity index (χ3n) is 3.66. The molecular formula is C17H15N3O6S2. The fraction of sp³-hybridized carbons (Fsp3) is 0.235. The van der Waals surface area contributed by atoms with E-state index in [0.29, 0.717) is 11.3 Å². The molecule has 0 unspecified atom stereocenters. The number of benzene rings is 1. The van der Waals surface area contributed by atoms with Crippen molar-refractivity contribution in [3.8, 4) is 5.75 Å². The van der Waals surface area contributed by atoms with Crippen molar-refractivity contribution in [2.24, 2.45) is 4.99 Å². The quantitative estimate of drug-likeness (QED) is 0.343. The first kappa shape index (κ1) is 19.7. The maximum atomic E-state index is 12.5. The van der Waals surface area contributed by atoms with E-state index < -0.39 is 16.8 Å². The number of nitro groups is 1. The number of methoxy groups -OCH3 is 1. The average Bonchev–Trinajstić information content (AvgIpc) is 3.27. The van der Waals surface area contributed by atoms with Crippen molar-refractivity contribution in [2.45, 2.75) is 13.5 Å². The number of fused-ring (bicyclic) bond motifs is 1. The average molecular weight is 421 g/mol. The summed E-state index contributed by atoms with van der Waals surface area (Å²) in [5.74, 6) is -0.447. The third kappa shape index (κ3) is 4.10. The van der Waals surface area contributed by atoms with Gasteiger partial charge >= 0.3 is 11.0 Å². The number of nitrogens with zero attached hydrogens (tertiary/aromatic N) is 3. The first-order valence-corrected chi connectivity index (χ1v) is 9.72. The Morgan fingerprint density at radius 3 is 2.68 bits per heavy atom. The number of hydrogen-bond acceptors (Lipinski definition) is 8. The van der Waals surface area contributed by atoms with E-state index in [9.17, 15) is 19.7 Å². The fourth-order valence-electron chi connectivity index (χ4n) is 2.44. The minimum absolute atomic E-state index is 0.114. The normalized spacial score (nSPS) is 11.6. The summed E-state index contributed by atoms with van der Waals surface area (Å²) in [5, 5.41) is 10.7. The van der Waals surface area contributed by atoms with E-state index in [1.54, 1.807) is 36.8 Å². The monoisotopic (exact) mass is 421 g/mol. The van der Waals surface area contributed by atoms with E-state index in [2.05, 4.69) is 4.99 Å². The van der Waals surface area contributed by atoms with Gasteiger partial charge in [-0.25, -0.2) is 0 Å². The first-order chi connectivity index (χ1) is 13.4. The number of thiophene rings is 1. The molecular weight excluding hydrogens is 406 g/mol. The van der Waals surface area contributed by atoms with Gasteiger partial charge in [-0.2, -0.15) is 4.99 Å². The van der Waals surface area contributed by atoms with Gasteiger partial charge in [-0.05, 0) is 31.2 Å². The maximum Gasteiger partial charge on any atom is 0.326 e. The van der Waals surface area contributed by atoms with Crippen molar-refractivity contribution in [2.75, 3.05) is 13.7 Å². The molecule has 3 aromatic rings. The van der Waals surface area contributed by atoms with Crippen LogP contribution in [0.4, 0.5) is 5.00 Å². The van der Waals surface area contributed by atoms with Gasteiger partial charge in [0, 0.05) is 6.07 Å². The molecule has 0 aliphatic heterocycles. The lowest BCUT2D eigenvalue weighted by molar-refractivity contribution is -0.380. The van der Waals surface area contributed by atoms with Crippen molar-refractivity contribution in [1.82, 2.24) is 4.57 Å². The smallest absolute Gasteiger partial charge is 0.326 e. The van der Waals surface area contributed by atoms with Crippen molar-refractivity contribution in [3.05, 3.63) is 50.1 Å². The third-order valence-corrected chi connectivity index (χ3v) is 5.73. The molecule has 0 aliphatic carbocycles. The second kappa shape index (κ2) is 8.31. The van der Waals surface area contributed by atoms with Crippen LogP contribution in [0.1, 0.15) is 16.6 Å². The standard InChI is InChI=1S/C17H15N3O6S2/c1-3-26-15(21)9-19-11-5-4-10(25-2)8-13(11)28-17(19)18-16(22)12-6-7-14(27-12)20(23)24/h4-8H,3,9H2,1-2H3. The molecule has 3 rings (SSSR count). The van der Waals surface area contributed by atoms with Gasteiger partial charge in [0.2, 0.25) is 0 Å². The Kier molecular flexibility index (Phi) is 5.85. The number of ether oxygens (including phenoxy) is 2. The lowest BCUT2D eigenvalue weighted by atomic mass is 10.3. The number of rotatable bonds is 6. The Balaban J connectivity index is 2.08. The molecule has 2 heterocycles. The maximum absolute atomic E-state index is 12.5. The van der Waals surface area contributed by atoms with Crippen LogP contribution in [0.3, 0.4) is 0 Å². The number of thiazole rings is 1. The second-order valence-electron chi connectivity index (χ2n) is 5.42. The van der Waals surface area contributed by atoms with Crippen LogP contribution in [0.2, 0.25) is 0 Å². The Bertz CT molecular complexity index is 1130. The van der Waals surface area contributed by atoms with Gasteiger partial charge < -0.3 is 14.0 Å². The molecule has 0 saturated heterocycles. The molecule has 0 fully saturated rings. The molecule has 0 radical (unpaired) electrons. The predicted molar refractivity (Wildman–Crippen MR) is 104 cm³/mol. The number of amides is 1. The van der Waals surface area contributed by atoms with Crippen LogP contribution in [0.25, 0.3) is 10.2 Å². The van der Waals surface area contributed by atoms with Crippen LogP contribution >= 0.6 is 22.7 Å². The van der Waals surface area contributed by atoms with E-state index in [4.69, 9.17) is 9.47 Å². The van der Waals surface area contributed by atoms with E-state index >= 15 is 0 Å². The largest absolute Gasteiger partial charge is 0.497 e. The van der Waals surface area contributed by atoms with Gasteiger partial charge in [0.25, 0.3) is 5.91 Å². The lowest BCUT2D eigenvalue weighted by Crippen LogP contribution is -2.23. The zero-order chi connectivity index (χ0) is 20.3. The summed E-state index contributed by atoms with van der Waals surface area (Å²) in [4.78, 5) is 39.3. The van der Waals surface area contributed by atoms with Gasteiger partial charge in [0.1, 0.15) is 17.2 Å². The van der Waals surface area contributed by atoms with Crippen LogP contribution in [-0.4, -0.2) is 35.1 Å². The van der Waals surface area contributed by atoms with Crippen molar-refractivity contribution in [1.29, 1.82) is 0 Å². The van der Waals surface area contributed by atoms with E-state index in [-0.39, 0.29) is 27.8 Å². The molecule has 0 saturated carbocycles. The van der Waals surface area contributed by atoms with Gasteiger partial charge in [0.15, 0.2) is 4.80 Å². The van der Waals surface area contributed by atoms with Crippen molar-refractivity contribution in [3.63, 3.8) is 0 Å². The molecule has 146 valence electrons. The second-order valence-corrected chi connectivity index (χ2v) is 7.49. The van der Waals surface area contributed by atoms with Crippen molar-refractivity contribution >= 4 is 49.8 Å². The Hall–Kier alpha value is -3.05. The minimum atomic E-state index is -0.616. The van der Waals surface area contributed by atoms with Gasteiger partial charge in [-0.3, -0.25) is 19.7 Å². The van der Waals surface area contributed by atoms with Gasteiger partial charge in [0.05, 0.1) is 28.9 Å². The van der Waals surface area contributed by atoms with Crippen LogP contribution in [0.15, 0.2) is 35.3 Å². The Morgan fingerprint density at radius 2 is 2.04 bits per heavy atom. The summed E-state index contributed by atoms with van der Waals surface area (Å²) < 4.78 is 12.6. The fourth-order valence-corrected chi connectivity index (χ4v) is 4.20. The van der Waals surface area contributed by atoms with Crippen LogP contribution < -0.4 is 9.54 Å². The van der Waals surface area contributed by atoms with E-state index in [0.717, 1.165) is 16.0 Å². The minimum Gasteiger partial charge on any atom is -0.497 e. The SMILES string of the molecule is CCOC(=O)Cn1c(=NC(=O)c2ccc([N+](=O)[O-])s2)sc2cc(OC)ccc21. The summed E-state index contributed by atoms with van der Waals surface area (Å²) in [6.07, 6.45) is 0. The van der Waals surface area contributed by atoms with Crippen LogP contribution in [0, 0.1) is 10.1 Å². The Morgan fingerprint density at radius 1 is 1.25 bits per heavy atom. The number of carbonyl (C=O) groups excluding carboxylic acids is 2. The van der Waals surface area contributed by atoms with Crippen LogP contribution in [0.5, 0.6) is 5.75 Å². The zero-order valence-electron chi connectivity index (χ0n) is 14.9. The highest BCUT2D eigenvalue weighted by molar-refractivity contribution is 7.17. The molecule has 0 atom stereocenters. The molecule has 0 N–H and O–H groups in total. The number of hydrogen-bond donors (Lipinski definition) is 0. The van der Waals surface area contributed by atoms with E-state index in [1.807, 2.05) is 0 Å². The van der Waals surface area contributed by atoms with Crippen LogP contribution in [-0.2, 0) is 16.1 Å². The molecule has 1 aromatic carbocycles. The molecule has 11 heteroatoms. The summed E-state index contributed by atoms with van der Waals surface area (Å²) in [7, 11) is 1.54. The summed E-state index contributed by atoms with van der Waals surface area (Å²) in [6.45, 7) is 1.83. The zero-order valence-corrected chi connectivity index (χ0v) is 16.5. The molecule has 2 aromatic heterocycles. The summed E-state index contributed by atoms with van der Waals surface area (Å²) in [5.41, 5.74) is 0.697. The van der Waals surface area contributed by atoms with E-state index in [1.165, 1.54) is 23.5 Å². The Labute approximate surface area is 166 Å². The molecule has 1 amide bonds. The van der Waals surface area contributed by atoms with Gasteiger partial charge in [-0.1, -0.05) is 22.7 Å². The lowest BCUT2D eigenvalue weighted by Gasteiger charge is -2.05. The molecule has 28 heavy (non-hydrogen) atoms. The van der Waals surface area contributed by atoms with Crippen molar-refractivity contribution < 1.29 is 24.0 Å². The topological polar surface area (TPSA) is 113 Å².